The van der Waals surface area contributed by atoms with Gasteiger partial charge < -0.3 is 15.7 Å². The molecular weight excluding hydrogens is 360 g/mol. The number of para-hydroxylation sites is 2. The third-order valence-electron chi connectivity index (χ3n) is 4.20. The first-order chi connectivity index (χ1) is 13.6. The van der Waals surface area contributed by atoms with E-state index in [4.69, 9.17) is 0 Å². The number of benzene rings is 2. The third-order valence-corrected chi connectivity index (χ3v) is 4.20. The predicted octanol–water partition coefficient (Wildman–Crippen LogP) is 1.24. The van der Waals surface area contributed by atoms with Crippen molar-refractivity contribution < 1.29 is 14.7 Å². The molecule has 0 spiro atoms. The Morgan fingerprint density at radius 2 is 1.93 bits per heavy atom. The Hall–Kier alpha value is -3.85. The fraction of sp³-hybridized carbons (Fsp3) is 0.105. The number of nitrogens with zero attached hydrogens (tertiary/aromatic N) is 3. The summed E-state index contributed by atoms with van der Waals surface area (Å²) in [6, 6.07) is 11.2. The van der Waals surface area contributed by atoms with Crippen LogP contribution in [0.2, 0.25) is 0 Å². The average molecular weight is 376 g/mol. The van der Waals surface area contributed by atoms with Crippen molar-refractivity contribution >= 4 is 39.4 Å². The molecular formula is C19H16N6O3. The molecule has 9 nitrogen and oxygen atoms in total. The third kappa shape index (κ3) is 3.51. The van der Waals surface area contributed by atoms with Crippen LogP contribution in [0.4, 0.5) is 5.69 Å². The molecule has 2 amide bonds. The van der Waals surface area contributed by atoms with Crippen molar-refractivity contribution in [1.82, 2.24) is 25.5 Å². The Bertz CT molecular complexity index is 1170. The minimum absolute atomic E-state index is 0.0591. The van der Waals surface area contributed by atoms with Crippen molar-refractivity contribution in [3.05, 3.63) is 60.6 Å². The number of anilines is 1. The van der Waals surface area contributed by atoms with Gasteiger partial charge in [-0.15, -0.1) is 0 Å². The second-order valence-corrected chi connectivity index (χ2v) is 6.11. The van der Waals surface area contributed by atoms with Crippen LogP contribution in [0.5, 0.6) is 0 Å². The highest BCUT2D eigenvalue weighted by molar-refractivity contribution is 6.01. The van der Waals surface area contributed by atoms with Crippen molar-refractivity contribution in [3.63, 3.8) is 0 Å². The van der Waals surface area contributed by atoms with Gasteiger partial charge in [-0.25, -0.2) is 4.98 Å². The maximum Gasteiger partial charge on any atom is 0.272 e. The van der Waals surface area contributed by atoms with Crippen molar-refractivity contribution in [2.75, 3.05) is 11.9 Å². The molecule has 4 N–H and O–H groups in total. The van der Waals surface area contributed by atoms with Crippen molar-refractivity contribution in [3.8, 4) is 0 Å². The average Bonchev–Trinajstić information content (AvgIpc) is 3.19. The molecule has 140 valence electrons. The summed E-state index contributed by atoms with van der Waals surface area (Å²) < 4.78 is 0. The Balaban J connectivity index is 1.47. The summed E-state index contributed by atoms with van der Waals surface area (Å²) >= 11 is 0. The highest BCUT2D eigenvalue weighted by atomic mass is 16.3. The van der Waals surface area contributed by atoms with Crippen LogP contribution < -0.4 is 10.6 Å². The number of hydrogen-bond donors (Lipinski definition) is 4. The van der Waals surface area contributed by atoms with E-state index in [1.54, 1.807) is 42.6 Å². The van der Waals surface area contributed by atoms with Crippen molar-refractivity contribution in [2.45, 2.75) is 6.04 Å². The quantitative estimate of drug-likeness (QED) is 0.414. The summed E-state index contributed by atoms with van der Waals surface area (Å²) in [7, 11) is 0. The standard InChI is InChI=1S/C19H16N6O3/c26-10-17(19(28)22-12-6-5-11-8-21-25-15(11)7-12)24-18(27)16-9-20-13-3-1-2-4-14(13)23-16/h1-9,17,26H,10H2,(H,21,25)(H,22,28)(H,24,27). The first-order valence-electron chi connectivity index (χ1n) is 8.51. The zero-order valence-corrected chi connectivity index (χ0v) is 14.6. The number of amides is 2. The molecule has 1 atom stereocenters. The maximum atomic E-state index is 12.4. The lowest BCUT2D eigenvalue weighted by Crippen LogP contribution is -2.46. The van der Waals surface area contributed by atoms with Gasteiger partial charge in [-0.3, -0.25) is 19.7 Å². The molecule has 9 heteroatoms. The number of aliphatic hydroxyl groups excluding tert-OH is 1. The number of fused-ring (bicyclic) bond motifs is 2. The number of carbonyl (C=O) groups excluding carboxylic acids is 2. The molecule has 2 heterocycles. The minimum Gasteiger partial charge on any atom is -0.394 e. The molecule has 28 heavy (non-hydrogen) atoms. The van der Waals surface area contributed by atoms with Gasteiger partial charge >= 0.3 is 0 Å². The largest absolute Gasteiger partial charge is 0.394 e. The van der Waals surface area contributed by atoms with Crippen LogP contribution in [-0.2, 0) is 4.79 Å². The van der Waals surface area contributed by atoms with Gasteiger partial charge in [0.2, 0.25) is 5.91 Å². The van der Waals surface area contributed by atoms with Gasteiger partial charge in [-0.05, 0) is 30.3 Å². The Morgan fingerprint density at radius 1 is 1.11 bits per heavy atom. The van der Waals surface area contributed by atoms with Gasteiger partial charge in [0.15, 0.2) is 0 Å². The predicted molar refractivity (Wildman–Crippen MR) is 103 cm³/mol. The zero-order chi connectivity index (χ0) is 19.5. The number of rotatable bonds is 5. The van der Waals surface area contributed by atoms with Gasteiger partial charge in [0, 0.05) is 11.1 Å². The Morgan fingerprint density at radius 3 is 2.75 bits per heavy atom. The SMILES string of the molecule is O=C(NC(CO)C(=O)Nc1ccc2cn[nH]c2c1)c1cnc2ccccc2n1. The van der Waals surface area contributed by atoms with Crippen molar-refractivity contribution in [1.29, 1.82) is 0 Å². The van der Waals surface area contributed by atoms with Crippen LogP contribution in [0.1, 0.15) is 10.5 Å². The monoisotopic (exact) mass is 376 g/mol. The summed E-state index contributed by atoms with van der Waals surface area (Å²) in [4.78, 5) is 33.3. The van der Waals surface area contributed by atoms with Crippen LogP contribution in [0.25, 0.3) is 21.9 Å². The summed E-state index contributed by atoms with van der Waals surface area (Å²) in [5.74, 6) is -1.15. The number of nitrogens with one attached hydrogen (secondary N) is 3. The van der Waals surface area contributed by atoms with Crippen LogP contribution in [0.3, 0.4) is 0 Å². The number of aromatic amines is 1. The number of aliphatic hydroxyl groups is 1. The lowest BCUT2D eigenvalue weighted by Gasteiger charge is -2.16. The van der Waals surface area contributed by atoms with Crippen LogP contribution in [0, 0.1) is 0 Å². The highest BCUT2D eigenvalue weighted by Crippen LogP contribution is 2.16. The van der Waals surface area contributed by atoms with Gasteiger partial charge in [0.05, 0.1) is 35.6 Å². The fourth-order valence-electron chi connectivity index (χ4n) is 2.74. The van der Waals surface area contributed by atoms with Crippen LogP contribution in [-0.4, -0.2) is 49.7 Å². The molecule has 1 unspecified atom stereocenters. The topological polar surface area (TPSA) is 133 Å². The second kappa shape index (κ2) is 7.41. The zero-order valence-electron chi connectivity index (χ0n) is 14.6. The van der Waals surface area contributed by atoms with E-state index in [0.29, 0.717) is 16.7 Å². The van der Waals surface area contributed by atoms with E-state index in [2.05, 4.69) is 30.8 Å². The molecule has 0 aliphatic heterocycles. The molecule has 0 aliphatic rings. The van der Waals surface area contributed by atoms with E-state index in [-0.39, 0.29) is 5.69 Å². The van der Waals surface area contributed by atoms with Gasteiger partial charge in [0.1, 0.15) is 11.7 Å². The summed E-state index contributed by atoms with van der Waals surface area (Å²) in [5, 5.41) is 22.3. The second-order valence-electron chi connectivity index (χ2n) is 6.11. The van der Waals surface area contributed by atoms with E-state index < -0.39 is 24.5 Å². The molecule has 0 saturated carbocycles. The van der Waals surface area contributed by atoms with E-state index in [9.17, 15) is 14.7 Å². The summed E-state index contributed by atoms with van der Waals surface area (Å²) in [6.07, 6.45) is 3.00. The lowest BCUT2D eigenvalue weighted by molar-refractivity contribution is -0.118. The minimum atomic E-state index is -1.14. The number of hydrogen-bond acceptors (Lipinski definition) is 6. The molecule has 0 aliphatic carbocycles. The molecule has 4 rings (SSSR count). The van der Waals surface area contributed by atoms with Crippen molar-refractivity contribution in [2.24, 2.45) is 0 Å². The summed E-state index contributed by atoms with van der Waals surface area (Å²) in [6.45, 7) is -0.565. The number of aromatic nitrogens is 4. The molecule has 0 saturated heterocycles. The first kappa shape index (κ1) is 17.6. The number of carbonyl (C=O) groups is 2. The molecule has 2 aromatic carbocycles. The molecule has 0 bridgehead atoms. The fourth-order valence-corrected chi connectivity index (χ4v) is 2.74. The number of H-pyrrole nitrogens is 1. The lowest BCUT2D eigenvalue weighted by atomic mass is 10.2. The smallest absolute Gasteiger partial charge is 0.272 e. The Kier molecular flexibility index (Phi) is 4.65. The molecule has 4 aromatic rings. The van der Waals surface area contributed by atoms with Gasteiger partial charge in [0.25, 0.3) is 5.91 Å². The van der Waals surface area contributed by atoms with Crippen LogP contribution in [0.15, 0.2) is 54.9 Å². The van der Waals surface area contributed by atoms with Crippen LogP contribution >= 0.6 is 0 Å². The van der Waals surface area contributed by atoms with E-state index in [1.165, 1.54) is 6.20 Å². The van der Waals surface area contributed by atoms with E-state index in [0.717, 1.165) is 10.9 Å². The Labute approximate surface area is 158 Å². The normalized spacial score (nSPS) is 12.0. The highest BCUT2D eigenvalue weighted by Gasteiger charge is 2.22. The summed E-state index contributed by atoms with van der Waals surface area (Å²) in [5.41, 5.74) is 2.55. The molecule has 2 aromatic heterocycles. The van der Waals surface area contributed by atoms with E-state index >= 15 is 0 Å². The molecule has 0 radical (unpaired) electrons. The first-order valence-corrected chi connectivity index (χ1v) is 8.51. The van der Waals surface area contributed by atoms with Gasteiger partial charge in [-0.1, -0.05) is 12.1 Å². The maximum absolute atomic E-state index is 12.4. The van der Waals surface area contributed by atoms with Gasteiger partial charge in [-0.2, -0.15) is 5.10 Å². The van der Waals surface area contributed by atoms with E-state index in [1.807, 2.05) is 6.07 Å². The molecule has 0 fully saturated rings.